The number of benzene rings is 4. The van der Waals surface area contributed by atoms with Crippen molar-refractivity contribution in [1.29, 1.82) is 0 Å². The summed E-state index contributed by atoms with van der Waals surface area (Å²) in [5.74, 6) is 0. The first-order valence-corrected chi connectivity index (χ1v) is 10.9. The van der Waals surface area contributed by atoms with Crippen LogP contribution in [0.3, 0.4) is 0 Å². The molecule has 0 unspecified atom stereocenters. The molecule has 0 radical (unpaired) electrons. The molecule has 0 amide bonds. The second kappa shape index (κ2) is 8.80. The standard InChI is InChI=1S/C29H31N3/c1-31(2)27-18-12-24(13-19-27)29(22-8-6-5-7-9-22,23-10-16-26(30)17-11-23)25-14-20-28(21-15-25)32(3)4/h5-21H,30H2,1-4H3. The van der Waals surface area contributed by atoms with E-state index in [1.807, 2.05) is 12.1 Å². The second-order valence-corrected chi connectivity index (χ2v) is 8.62. The van der Waals surface area contributed by atoms with Gasteiger partial charge in [-0.3, -0.25) is 0 Å². The number of nitrogens with two attached hydrogens (primary N) is 1. The number of anilines is 3. The molecule has 162 valence electrons. The maximum absolute atomic E-state index is 6.08. The topological polar surface area (TPSA) is 32.5 Å². The number of rotatable bonds is 6. The van der Waals surface area contributed by atoms with Gasteiger partial charge in [-0.1, -0.05) is 66.7 Å². The SMILES string of the molecule is CN(C)c1ccc(C(c2ccccc2)(c2ccc(N)cc2)c2ccc(N(C)C)cc2)cc1. The zero-order valence-corrected chi connectivity index (χ0v) is 19.3. The third kappa shape index (κ3) is 3.82. The monoisotopic (exact) mass is 421 g/mol. The largest absolute Gasteiger partial charge is 0.399 e. The van der Waals surface area contributed by atoms with Gasteiger partial charge >= 0.3 is 0 Å². The van der Waals surface area contributed by atoms with Gasteiger partial charge in [-0.25, -0.2) is 0 Å². The lowest BCUT2D eigenvalue weighted by Crippen LogP contribution is -2.31. The van der Waals surface area contributed by atoms with Crippen molar-refractivity contribution in [3.63, 3.8) is 0 Å². The first kappa shape index (κ1) is 21.5. The van der Waals surface area contributed by atoms with Gasteiger partial charge < -0.3 is 15.5 Å². The minimum atomic E-state index is -0.468. The van der Waals surface area contributed by atoms with Crippen molar-refractivity contribution >= 4 is 17.1 Å². The molecule has 4 aromatic carbocycles. The third-order valence-electron chi connectivity index (χ3n) is 6.18. The Balaban J connectivity index is 2.05. The molecular weight excluding hydrogens is 390 g/mol. The van der Waals surface area contributed by atoms with E-state index in [0.717, 1.165) is 5.69 Å². The molecule has 0 atom stereocenters. The fourth-order valence-electron chi connectivity index (χ4n) is 4.44. The first-order chi connectivity index (χ1) is 15.4. The van der Waals surface area contributed by atoms with E-state index in [1.165, 1.54) is 33.6 Å². The van der Waals surface area contributed by atoms with E-state index in [4.69, 9.17) is 5.73 Å². The molecular formula is C29H31N3. The molecule has 0 spiro atoms. The van der Waals surface area contributed by atoms with E-state index in [9.17, 15) is 0 Å². The quantitative estimate of drug-likeness (QED) is 0.316. The van der Waals surface area contributed by atoms with E-state index in [0.29, 0.717) is 0 Å². The van der Waals surface area contributed by atoms with Crippen molar-refractivity contribution in [3.05, 3.63) is 125 Å². The normalized spacial score (nSPS) is 11.2. The Hall–Kier alpha value is -3.72. The number of hydrogen-bond acceptors (Lipinski definition) is 3. The van der Waals surface area contributed by atoms with Gasteiger partial charge in [-0.15, -0.1) is 0 Å². The Kier molecular flexibility index (Phi) is 5.91. The maximum Gasteiger partial charge on any atom is 0.0701 e. The molecule has 32 heavy (non-hydrogen) atoms. The summed E-state index contributed by atoms with van der Waals surface area (Å²) in [6, 6.07) is 36.8. The highest BCUT2D eigenvalue weighted by Gasteiger charge is 2.38. The molecule has 0 aromatic heterocycles. The van der Waals surface area contributed by atoms with Crippen LogP contribution in [0.1, 0.15) is 22.3 Å². The minimum Gasteiger partial charge on any atom is -0.399 e. The maximum atomic E-state index is 6.08. The molecule has 0 heterocycles. The fourth-order valence-corrected chi connectivity index (χ4v) is 4.44. The molecule has 4 aromatic rings. The van der Waals surface area contributed by atoms with E-state index >= 15 is 0 Å². The Morgan fingerprint density at radius 1 is 0.469 bits per heavy atom. The second-order valence-electron chi connectivity index (χ2n) is 8.62. The third-order valence-corrected chi connectivity index (χ3v) is 6.18. The molecule has 0 aliphatic rings. The van der Waals surface area contributed by atoms with Crippen molar-refractivity contribution in [2.24, 2.45) is 0 Å². The highest BCUT2D eigenvalue weighted by molar-refractivity contribution is 5.64. The zero-order valence-electron chi connectivity index (χ0n) is 19.3. The van der Waals surface area contributed by atoms with Gasteiger partial charge in [0.25, 0.3) is 0 Å². The summed E-state index contributed by atoms with van der Waals surface area (Å²) < 4.78 is 0. The Morgan fingerprint density at radius 2 is 0.812 bits per heavy atom. The summed E-state index contributed by atoms with van der Waals surface area (Å²) in [7, 11) is 8.28. The van der Waals surface area contributed by atoms with Crippen LogP contribution in [0.5, 0.6) is 0 Å². The highest BCUT2D eigenvalue weighted by Crippen LogP contribution is 2.45. The summed E-state index contributed by atoms with van der Waals surface area (Å²) in [5, 5.41) is 0. The summed E-state index contributed by atoms with van der Waals surface area (Å²) in [4.78, 5) is 4.26. The Bertz CT molecular complexity index is 1090. The van der Waals surface area contributed by atoms with Gasteiger partial charge in [0.1, 0.15) is 0 Å². The molecule has 3 heteroatoms. The molecule has 4 rings (SSSR count). The lowest BCUT2D eigenvalue weighted by atomic mass is 9.65. The molecule has 3 nitrogen and oxygen atoms in total. The highest BCUT2D eigenvalue weighted by atomic mass is 15.1. The average molecular weight is 422 g/mol. The van der Waals surface area contributed by atoms with Crippen molar-refractivity contribution < 1.29 is 0 Å². The number of hydrogen-bond donors (Lipinski definition) is 1. The van der Waals surface area contributed by atoms with Gasteiger partial charge in [-0.05, 0) is 58.7 Å². The molecule has 2 N–H and O–H groups in total. The van der Waals surface area contributed by atoms with E-state index < -0.39 is 5.41 Å². The van der Waals surface area contributed by atoms with Crippen LogP contribution in [0, 0.1) is 0 Å². The van der Waals surface area contributed by atoms with Crippen LogP contribution in [0.4, 0.5) is 17.1 Å². The van der Waals surface area contributed by atoms with Gasteiger partial charge in [-0.2, -0.15) is 0 Å². The minimum absolute atomic E-state index is 0.468. The van der Waals surface area contributed by atoms with Crippen LogP contribution in [0.25, 0.3) is 0 Å². The van der Waals surface area contributed by atoms with Crippen LogP contribution in [-0.4, -0.2) is 28.2 Å². The molecule has 0 aliphatic heterocycles. The van der Waals surface area contributed by atoms with Crippen molar-refractivity contribution in [3.8, 4) is 0 Å². The van der Waals surface area contributed by atoms with Gasteiger partial charge in [0.2, 0.25) is 0 Å². The Morgan fingerprint density at radius 3 is 1.19 bits per heavy atom. The fraction of sp³-hybridized carbons (Fsp3) is 0.172. The van der Waals surface area contributed by atoms with Gasteiger partial charge in [0.05, 0.1) is 5.41 Å². The molecule has 0 aliphatic carbocycles. The van der Waals surface area contributed by atoms with Crippen molar-refractivity contribution in [2.75, 3.05) is 43.7 Å². The molecule has 0 fully saturated rings. The number of nitrogen functional groups attached to an aromatic ring is 1. The molecule has 0 bridgehead atoms. The predicted molar refractivity (Wildman–Crippen MR) is 138 cm³/mol. The van der Waals surface area contributed by atoms with E-state index in [-0.39, 0.29) is 0 Å². The summed E-state index contributed by atoms with van der Waals surface area (Å²) in [6.45, 7) is 0. The Labute approximate surface area is 191 Å². The zero-order chi connectivity index (χ0) is 22.7. The van der Waals surface area contributed by atoms with Crippen LogP contribution < -0.4 is 15.5 Å². The summed E-state index contributed by atoms with van der Waals surface area (Å²) in [6.07, 6.45) is 0. The molecule has 0 saturated heterocycles. The molecule has 0 saturated carbocycles. The van der Waals surface area contributed by atoms with E-state index in [2.05, 4.69) is 129 Å². The predicted octanol–water partition coefficient (Wildman–Crippen LogP) is 5.78. The lowest BCUT2D eigenvalue weighted by molar-refractivity contribution is 0.745. The summed E-state index contributed by atoms with van der Waals surface area (Å²) in [5.41, 5.74) is 13.6. The van der Waals surface area contributed by atoms with Crippen LogP contribution in [0.15, 0.2) is 103 Å². The van der Waals surface area contributed by atoms with Crippen molar-refractivity contribution in [1.82, 2.24) is 0 Å². The average Bonchev–Trinajstić information content (AvgIpc) is 2.82. The first-order valence-electron chi connectivity index (χ1n) is 10.9. The van der Waals surface area contributed by atoms with Crippen LogP contribution >= 0.6 is 0 Å². The van der Waals surface area contributed by atoms with Gasteiger partial charge in [0, 0.05) is 45.3 Å². The smallest absolute Gasteiger partial charge is 0.0701 e. The van der Waals surface area contributed by atoms with E-state index in [1.54, 1.807) is 0 Å². The number of nitrogens with zero attached hydrogens (tertiary/aromatic N) is 2. The van der Waals surface area contributed by atoms with Crippen LogP contribution in [0.2, 0.25) is 0 Å². The van der Waals surface area contributed by atoms with Crippen LogP contribution in [-0.2, 0) is 5.41 Å². The van der Waals surface area contributed by atoms with Crippen molar-refractivity contribution in [2.45, 2.75) is 5.41 Å². The summed E-state index contributed by atoms with van der Waals surface area (Å²) >= 11 is 0. The van der Waals surface area contributed by atoms with Gasteiger partial charge in [0.15, 0.2) is 0 Å². The lowest BCUT2D eigenvalue weighted by Gasteiger charge is -2.37.